The van der Waals surface area contributed by atoms with E-state index in [9.17, 15) is 19.5 Å². The van der Waals surface area contributed by atoms with Crippen LogP contribution in [-0.2, 0) is 37.0 Å². The Hall–Kier alpha value is -4.29. The van der Waals surface area contributed by atoms with Crippen molar-refractivity contribution in [1.82, 2.24) is 19.8 Å². The Labute approximate surface area is 279 Å². The molecule has 3 N–H and O–H groups in total. The molecule has 0 spiro atoms. The van der Waals surface area contributed by atoms with E-state index in [1.165, 1.54) is 13.8 Å². The number of aromatic nitrogens is 2. The zero-order valence-corrected chi connectivity index (χ0v) is 27.6. The highest BCUT2D eigenvalue weighted by Crippen LogP contribution is 2.42. The molecule has 2 fully saturated rings. The maximum Gasteiger partial charge on any atom is 0.326 e. The molecular formula is C37H44N4O7. The maximum absolute atomic E-state index is 12.8. The number of para-hydroxylation sites is 2. The van der Waals surface area contributed by atoms with E-state index in [-0.39, 0.29) is 48.9 Å². The number of H-pyrrole nitrogens is 1. The highest BCUT2D eigenvalue weighted by Gasteiger charge is 2.39. The van der Waals surface area contributed by atoms with Gasteiger partial charge in [-0.15, -0.1) is 0 Å². The third-order valence-electron chi connectivity index (χ3n) is 9.54. The van der Waals surface area contributed by atoms with E-state index in [1.807, 2.05) is 77.4 Å². The van der Waals surface area contributed by atoms with Crippen LogP contribution in [0.5, 0.6) is 0 Å². The van der Waals surface area contributed by atoms with Gasteiger partial charge in [0.15, 0.2) is 12.4 Å². The number of hydrogen-bond acceptors (Lipinski definition) is 8. The molecule has 0 saturated carbocycles. The maximum atomic E-state index is 12.8. The van der Waals surface area contributed by atoms with Gasteiger partial charge < -0.3 is 34.5 Å². The van der Waals surface area contributed by atoms with Crippen LogP contribution in [0.1, 0.15) is 74.3 Å². The van der Waals surface area contributed by atoms with Crippen molar-refractivity contribution in [3.8, 4) is 0 Å². The van der Waals surface area contributed by atoms with Gasteiger partial charge in [-0.05, 0) is 48.6 Å². The fourth-order valence-corrected chi connectivity index (χ4v) is 6.81. The number of nitrogens with one attached hydrogen (secondary N) is 2. The van der Waals surface area contributed by atoms with E-state index < -0.39 is 18.4 Å². The highest BCUT2D eigenvalue weighted by molar-refractivity contribution is 5.82. The van der Waals surface area contributed by atoms with Crippen LogP contribution in [0.15, 0.2) is 77.6 Å². The van der Waals surface area contributed by atoms with Gasteiger partial charge >= 0.3 is 11.7 Å². The standard InChI is InChI=1S/C37H44N4O7/c1-23-33(21-40-18-16-30(17-19-40)41-32-7-5-4-6-31(32)39-37(41)45)47-36(48-34(23)28-12-10-27(22-42)11-13-28)29-14-8-26(9-15-29)20-38-35(44)24(2)46-25(3)43/h4-15,23-24,30,33-34,36,42H,16-22H2,1-3H3,(H,38,44)(H,39,45)/t23-,24+,33+,34+,36+/m1/s1. The molecule has 11 heteroatoms. The molecule has 1 aromatic heterocycles. The van der Waals surface area contributed by atoms with E-state index in [4.69, 9.17) is 14.2 Å². The first-order chi connectivity index (χ1) is 23.2. The van der Waals surface area contributed by atoms with E-state index in [2.05, 4.69) is 22.1 Å². The van der Waals surface area contributed by atoms with Crippen LogP contribution in [0.3, 0.4) is 0 Å². The van der Waals surface area contributed by atoms with Crippen LogP contribution < -0.4 is 11.0 Å². The van der Waals surface area contributed by atoms with Crippen molar-refractivity contribution in [2.45, 2.75) is 77.4 Å². The second kappa shape index (κ2) is 14.9. The van der Waals surface area contributed by atoms with Crippen molar-refractivity contribution in [3.63, 3.8) is 0 Å². The number of piperidine rings is 1. The normalized spacial score (nSPS) is 22.8. The van der Waals surface area contributed by atoms with Crippen molar-refractivity contribution >= 4 is 22.9 Å². The summed E-state index contributed by atoms with van der Waals surface area (Å²) in [4.78, 5) is 41.7. The van der Waals surface area contributed by atoms with Gasteiger partial charge in [0, 0.05) is 50.6 Å². The smallest absolute Gasteiger partial charge is 0.326 e. The predicted octanol–water partition coefficient (Wildman–Crippen LogP) is 4.52. The average molecular weight is 657 g/mol. The van der Waals surface area contributed by atoms with E-state index in [0.717, 1.165) is 65.8 Å². The molecule has 1 amide bonds. The SMILES string of the molecule is CC(=O)O[C@@H](C)C(=O)NCc1ccc([C@H]2O[C@@H](CN3CCC(n4c(=O)[nH]c5ccccc54)CC3)[C@@H](C)[C@@H](c3ccc(CO)cc3)O2)cc1. The van der Waals surface area contributed by atoms with Gasteiger partial charge in [-0.1, -0.05) is 67.6 Å². The van der Waals surface area contributed by atoms with Crippen LogP contribution in [0.2, 0.25) is 0 Å². The predicted molar refractivity (Wildman–Crippen MR) is 180 cm³/mol. The van der Waals surface area contributed by atoms with Gasteiger partial charge in [0.05, 0.1) is 29.8 Å². The molecule has 254 valence electrons. The summed E-state index contributed by atoms with van der Waals surface area (Å²) in [5.41, 5.74) is 5.38. The summed E-state index contributed by atoms with van der Waals surface area (Å²) < 4.78 is 20.2. The topological polar surface area (TPSA) is 135 Å². The summed E-state index contributed by atoms with van der Waals surface area (Å²) in [6.45, 7) is 7.66. The van der Waals surface area contributed by atoms with Crippen molar-refractivity contribution in [2.24, 2.45) is 5.92 Å². The average Bonchev–Trinajstić information content (AvgIpc) is 3.44. The summed E-state index contributed by atoms with van der Waals surface area (Å²) in [6, 6.07) is 23.6. The van der Waals surface area contributed by atoms with Crippen LogP contribution in [0.4, 0.5) is 0 Å². The molecule has 0 radical (unpaired) electrons. The fraction of sp³-hybridized carbons (Fsp3) is 0.432. The lowest BCUT2D eigenvalue weighted by Crippen LogP contribution is -2.47. The van der Waals surface area contributed by atoms with Gasteiger partial charge in [0.1, 0.15) is 0 Å². The quantitative estimate of drug-likeness (QED) is 0.212. The van der Waals surface area contributed by atoms with Crippen LogP contribution in [0.25, 0.3) is 11.0 Å². The third-order valence-corrected chi connectivity index (χ3v) is 9.54. The van der Waals surface area contributed by atoms with Crippen molar-refractivity contribution in [3.05, 3.63) is 106 Å². The second-order valence-electron chi connectivity index (χ2n) is 12.9. The minimum atomic E-state index is -0.865. The number of likely N-dealkylation sites (tertiary alicyclic amines) is 1. The van der Waals surface area contributed by atoms with Gasteiger partial charge in [0.2, 0.25) is 0 Å². The number of aliphatic hydroxyl groups is 1. The van der Waals surface area contributed by atoms with Crippen molar-refractivity contribution in [1.29, 1.82) is 0 Å². The number of carbonyl (C=O) groups is 2. The Balaban J connectivity index is 1.14. The number of fused-ring (bicyclic) bond motifs is 1. The largest absolute Gasteiger partial charge is 0.453 e. The zero-order valence-electron chi connectivity index (χ0n) is 27.6. The molecule has 2 saturated heterocycles. The Bertz CT molecular complexity index is 1760. The lowest BCUT2D eigenvalue weighted by Gasteiger charge is -2.44. The Morgan fingerprint density at radius 1 is 0.979 bits per heavy atom. The molecule has 0 unspecified atom stereocenters. The van der Waals surface area contributed by atoms with Crippen LogP contribution in [0, 0.1) is 5.92 Å². The number of ether oxygens (including phenoxy) is 3. The third kappa shape index (κ3) is 7.55. The molecule has 4 aromatic rings. The number of esters is 1. The van der Waals surface area contributed by atoms with E-state index >= 15 is 0 Å². The second-order valence-corrected chi connectivity index (χ2v) is 12.9. The first-order valence-electron chi connectivity index (χ1n) is 16.7. The molecule has 3 aromatic carbocycles. The Kier molecular flexibility index (Phi) is 10.4. The monoisotopic (exact) mass is 656 g/mol. The van der Waals surface area contributed by atoms with Crippen molar-refractivity contribution in [2.75, 3.05) is 19.6 Å². The Morgan fingerprint density at radius 2 is 1.65 bits per heavy atom. The number of amides is 1. The molecule has 5 atom stereocenters. The number of aromatic amines is 1. The number of rotatable bonds is 10. The summed E-state index contributed by atoms with van der Waals surface area (Å²) in [5.74, 6) is -0.821. The summed E-state index contributed by atoms with van der Waals surface area (Å²) in [5, 5.41) is 12.4. The number of hydrogen-bond donors (Lipinski definition) is 3. The summed E-state index contributed by atoms with van der Waals surface area (Å²) in [7, 11) is 0. The molecule has 0 aliphatic carbocycles. The first-order valence-corrected chi connectivity index (χ1v) is 16.7. The van der Waals surface area contributed by atoms with Crippen LogP contribution in [-0.4, -0.2) is 63.3 Å². The summed E-state index contributed by atoms with van der Waals surface area (Å²) in [6.07, 6.45) is -0.0937. The molecule has 2 aliphatic rings. The zero-order chi connectivity index (χ0) is 33.8. The first kappa shape index (κ1) is 33.6. The molecule has 3 heterocycles. The van der Waals surface area contributed by atoms with Gasteiger partial charge in [-0.25, -0.2) is 4.79 Å². The van der Waals surface area contributed by atoms with Gasteiger partial charge in [0.25, 0.3) is 5.91 Å². The lowest BCUT2D eigenvalue weighted by atomic mass is 9.89. The number of benzene rings is 3. The molecule has 6 rings (SSSR count). The van der Waals surface area contributed by atoms with E-state index in [0.29, 0.717) is 0 Å². The lowest BCUT2D eigenvalue weighted by molar-refractivity contribution is -0.276. The minimum absolute atomic E-state index is 0.0220. The number of imidazole rings is 1. The molecular weight excluding hydrogens is 612 g/mol. The molecule has 0 bridgehead atoms. The van der Waals surface area contributed by atoms with Gasteiger partial charge in [-0.2, -0.15) is 0 Å². The number of aliphatic hydroxyl groups excluding tert-OH is 1. The van der Waals surface area contributed by atoms with E-state index in [1.54, 1.807) is 0 Å². The highest BCUT2D eigenvalue weighted by atomic mass is 16.7. The van der Waals surface area contributed by atoms with Gasteiger partial charge in [-0.3, -0.25) is 14.2 Å². The Morgan fingerprint density at radius 3 is 2.33 bits per heavy atom. The van der Waals surface area contributed by atoms with Crippen molar-refractivity contribution < 1.29 is 28.9 Å². The molecule has 48 heavy (non-hydrogen) atoms. The van der Waals surface area contributed by atoms with Crippen LogP contribution >= 0.6 is 0 Å². The fourth-order valence-electron chi connectivity index (χ4n) is 6.81. The molecule has 2 aliphatic heterocycles. The number of nitrogens with zero attached hydrogens (tertiary/aromatic N) is 2. The summed E-state index contributed by atoms with van der Waals surface area (Å²) >= 11 is 0. The minimum Gasteiger partial charge on any atom is -0.453 e. The molecule has 11 nitrogen and oxygen atoms in total. The number of carbonyl (C=O) groups excluding carboxylic acids is 2.